The van der Waals surface area contributed by atoms with Crippen LogP contribution in [0.5, 0.6) is 0 Å². The van der Waals surface area contributed by atoms with Gasteiger partial charge in [0.05, 0.1) is 4.92 Å². The van der Waals surface area contributed by atoms with Gasteiger partial charge in [-0.1, -0.05) is 13.8 Å². The molecule has 104 valence electrons. The second kappa shape index (κ2) is 5.79. The Hall–Kier alpha value is -1.96. The summed E-state index contributed by atoms with van der Waals surface area (Å²) in [6.45, 7) is 4.94. The summed E-state index contributed by atoms with van der Waals surface area (Å²) in [4.78, 5) is 29.1. The van der Waals surface area contributed by atoms with Crippen LogP contribution in [0, 0.1) is 23.0 Å². The summed E-state index contributed by atoms with van der Waals surface area (Å²) in [5.74, 6) is -0.900. The number of nitro groups is 1. The number of aromatic nitrogens is 2. The van der Waals surface area contributed by atoms with Crippen LogP contribution in [0.1, 0.15) is 19.5 Å². The topological polar surface area (TPSA) is 124 Å². The lowest BCUT2D eigenvalue weighted by atomic mass is 10.0. The highest BCUT2D eigenvalue weighted by molar-refractivity contribution is 6.28. The van der Waals surface area contributed by atoms with Gasteiger partial charge in [0.2, 0.25) is 17.0 Å². The number of primary amides is 1. The number of aryl methyl sites for hydroxylation is 1. The number of amides is 1. The lowest BCUT2D eigenvalue weighted by molar-refractivity contribution is -0.385. The highest BCUT2D eigenvalue weighted by Gasteiger charge is 2.27. The number of nitrogens with one attached hydrogen (secondary N) is 1. The minimum atomic E-state index is -0.788. The molecule has 19 heavy (non-hydrogen) atoms. The van der Waals surface area contributed by atoms with Crippen molar-refractivity contribution in [2.24, 2.45) is 11.7 Å². The summed E-state index contributed by atoms with van der Waals surface area (Å²) in [6, 6.07) is -0.788. The van der Waals surface area contributed by atoms with Crippen molar-refractivity contribution in [3.05, 3.63) is 21.1 Å². The first-order valence-electron chi connectivity index (χ1n) is 5.48. The van der Waals surface area contributed by atoms with Crippen LogP contribution in [-0.4, -0.2) is 26.8 Å². The molecule has 0 saturated carbocycles. The van der Waals surface area contributed by atoms with Crippen molar-refractivity contribution >= 4 is 29.0 Å². The lowest BCUT2D eigenvalue weighted by Crippen LogP contribution is -2.40. The zero-order valence-electron chi connectivity index (χ0n) is 10.7. The molecule has 1 atom stereocenters. The molecule has 8 nitrogen and oxygen atoms in total. The van der Waals surface area contributed by atoms with E-state index in [1.807, 2.05) is 0 Å². The molecule has 1 rings (SSSR count). The molecular weight excluding hydrogens is 274 g/mol. The van der Waals surface area contributed by atoms with Crippen LogP contribution < -0.4 is 11.1 Å². The van der Waals surface area contributed by atoms with Crippen molar-refractivity contribution in [2.75, 3.05) is 5.32 Å². The number of halogens is 1. The summed E-state index contributed by atoms with van der Waals surface area (Å²) in [5, 5.41) is 13.5. The van der Waals surface area contributed by atoms with Gasteiger partial charge < -0.3 is 11.1 Å². The molecule has 0 spiro atoms. The van der Waals surface area contributed by atoms with Gasteiger partial charge in [0.25, 0.3) is 0 Å². The van der Waals surface area contributed by atoms with Gasteiger partial charge in [0, 0.05) is 0 Å². The quantitative estimate of drug-likeness (QED) is 0.477. The summed E-state index contributed by atoms with van der Waals surface area (Å²) < 4.78 is 0. The van der Waals surface area contributed by atoms with E-state index >= 15 is 0 Å². The third-order valence-corrected chi connectivity index (χ3v) is 2.65. The van der Waals surface area contributed by atoms with Gasteiger partial charge >= 0.3 is 5.69 Å². The van der Waals surface area contributed by atoms with Crippen molar-refractivity contribution in [1.82, 2.24) is 9.97 Å². The zero-order valence-corrected chi connectivity index (χ0v) is 11.4. The van der Waals surface area contributed by atoms with Crippen molar-refractivity contribution in [3.63, 3.8) is 0 Å². The molecule has 1 unspecified atom stereocenters. The first kappa shape index (κ1) is 15.1. The standard InChI is InChI=1S/C10H14ClN5O3/c1-4(2)6(8(12)17)14-9-7(16(18)19)5(3)13-10(11)15-9/h4,6H,1-3H3,(H2,12,17)(H,13,14,15). The van der Waals surface area contributed by atoms with E-state index in [0.29, 0.717) is 0 Å². The maximum absolute atomic E-state index is 11.3. The average molecular weight is 288 g/mol. The monoisotopic (exact) mass is 287 g/mol. The van der Waals surface area contributed by atoms with Gasteiger partial charge in [-0.2, -0.15) is 4.98 Å². The normalized spacial score (nSPS) is 12.3. The molecule has 0 radical (unpaired) electrons. The Balaban J connectivity index is 3.26. The van der Waals surface area contributed by atoms with E-state index in [-0.39, 0.29) is 28.4 Å². The molecule has 1 aromatic heterocycles. The first-order valence-corrected chi connectivity index (χ1v) is 5.86. The van der Waals surface area contributed by atoms with Crippen LogP contribution in [0.3, 0.4) is 0 Å². The molecule has 1 amide bonds. The van der Waals surface area contributed by atoms with Crippen LogP contribution in [0.4, 0.5) is 11.5 Å². The number of anilines is 1. The van der Waals surface area contributed by atoms with E-state index in [1.165, 1.54) is 6.92 Å². The van der Waals surface area contributed by atoms with Crippen LogP contribution in [0.25, 0.3) is 0 Å². The Morgan fingerprint density at radius 1 is 1.47 bits per heavy atom. The van der Waals surface area contributed by atoms with Crippen molar-refractivity contribution in [3.8, 4) is 0 Å². The van der Waals surface area contributed by atoms with E-state index in [1.54, 1.807) is 13.8 Å². The largest absolute Gasteiger partial charge is 0.368 e. The molecule has 0 aliphatic carbocycles. The van der Waals surface area contributed by atoms with Gasteiger partial charge in [-0.15, -0.1) is 0 Å². The van der Waals surface area contributed by atoms with Gasteiger partial charge in [0.1, 0.15) is 11.7 Å². The summed E-state index contributed by atoms with van der Waals surface area (Å²) in [6.07, 6.45) is 0. The third-order valence-electron chi connectivity index (χ3n) is 2.48. The van der Waals surface area contributed by atoms with Gasteiger partial charge in [-0.25, -0.2) is 4.98 Å². The highest BCUT2D eigenvalue weighted by Crippen LogP contribution is 2.27. The van der Waals surface area contributed by atoms with E-state index in [0.717, 1.165) is 0 Å². The second-order valence-electron chi connectivity index (χ2n) is 4.30. The summed E-state index contributed by atoms with van der Waals surface area (Å²) in [5.41, 5.74) is 5.03. The second-order valence-corrected chi connectivity index (χ2v) is 4.64. The van der Waals surface area contributed by atoms with Crippen LogP contribution in [-0.2, 0) is 4.79 Å². The van der Waals surface area contributed by atoms with Gasteiger partial charge in [-0.05, 0) is 24.4 Å². The molecule has 0 fully saturated rings. The van der Waals surface area contributed by atoms with E-state index in [2.05, 4.69) is 15.3 Å². The number of hydrogen-bond donors (Lipinski definition) is 2. The molecule has 0 bridgehead atoms. The SMILES string of the molecule is Cc1nc(Cl)nc(NC(C(N)=O)C(C)C)c1[N+](=O)[O-]. The molecule has 3 N–H and O–H groups in total. The smallest absolute Gasteiger partial charge is 0.332 e. The minimum Gasteiger partial charge on any atom is -0.368 e. The number of nitrogens with two attached hydrogens (primary N) is 1. The average Bonchev–Trinajstić information content (AvgIpc) is 2.23. The zero-order chi connectivity index (χ0) is 14.7. The van der Waals surface area contributed by atoms with Gasteiger partial charge in [-0.3, -0.25) is 14.9 Å². The fourth-order valence-corrected chi connectivity index (χ4v) is 1.78. The Morgan fingerprint density at radius 3 is 2.47 bits per heavy atom. The Morgan fingerprint density at radius 2 is 2.05 bits per heavy atom. The predicted molar refractivity (Wildman–Crippen MR) is 69.9 cm³/mol. The highest BCUT2D eigenvalue weighted by atomic mass is 35.5. The number of hydrogen-bond acceptors (Lipinski definition) is 6. The van der Waals surface area contributed by atoms with Crippen molar-refractivity contribution in [2.45, 2.75) is 26.8 Å². The Kier molecular flexibility index (Phi) is 4.60. The third kappa shape index (κ3) is 3.50. The molecule has 1 aromatic rings. The van der Waals surface area contributed by atoms with Crippen LogP contribution in [0.15, 0.2) is 0 Å². The molecular formula is C10H14ClN5O3. The molecule has 0 aliphatic rings. The van der Waals surface area contributed by atoms with E-state index in [9.17, 15) is 14.9 Å². The van der Waals surface area contributed by atoms with E-state index in [4.69, 9.17) is 17.3 Å². The maximum Gasteiger partial charge on any atom is 0.332 e. The summed E-state index contributed by atoms with van der Waals surface area (Å²) in [7, 11) is 0. The fraction of sp³-hybridized carbons (Fsp3) is 0.500. The van der Waals surface area contributed by atoms with Gasteiger partial charge in [0.15, 0.2) is 0 Å². The number of carbonyl (C=O) groups is 1. The number of carbonyl (C=O) groups excluding carboxylic acids is 1. The Labute approximate surface area is 114 Å². The van der Waals surface area contributed by atoms with Crippen molar-refractivity contribution in [1.29, 1.82) is 0 Å². The molecule has 0 aromatic carbocycles. The first-order chi connectivity index (χ1) is 8.73. The number of rotatable bonds is 5. The number of nitrogens with zero attached hydrogens (tertiary/aromatic N) is 3. The molecule has 0 saturated heterocycles. The maximum atomic E-state index is 11.3. The molecule has 0 aliphatic heterocycles. The molecule has 1 heterocycles. The van der Waals surface area contributed by atoms with Crippen molar-refractivity contribution < 1.29 is 9.72 Å². The van der Waals surface area contributed by atoms with Crippen LogP contribution >= 0.6 is 11.6 Å². The Bertz CT molecular complexity index is 520. The molecule has 9 heteroatoms. The lowest BCUT2D eigenvalue weighted by Gasteiger charge is -2.19. The summed E-state index contributed by atoms with van der Waals surface area (Å²) >= 11 is 5.67. The fourth-order valence-electron chi connectivity index (χ4n) is 1.57. The predicted octanol–water partition coefficient (Wildman–Crippen LogP) is 1.27. The van der Waals surface area contributed by atoms with E-state index < -0.39 is 16.9 Å². The van der Waals surface area contributed by atoms with Crippen LogP contribution in [0.2, 0.25) is 5.28 Å². The minimum absolute atomic E-state index is 0.111.